The molecule has 0 bridgehead atoms. The Hall–Kier alpha value is -2.37. The molecule has 2 aromatic rings. The second-order valence-corrected chi connectivity index (χ2v) is 2.86. The number of imidazole rings is 1. The Kier molecular flexibility index (Phi) is 2.09. The zero-order chi connectivity index (χ0) is 10.8. The third-order valence-corrected chi connectivity index (χ3v) is 1.82. The number of benzene rings is 1. The number of carbonyl (C=O) groups is 2. The van der Waals surface area contributed by atoms with Crippen LogP contribution in [0.3, 0.4) is 0 Å². The van der Waals surface area contributed by atoms with Gasteiger partial charge in [0, 0.05) is 0 Å². The maximum absolute atomic E-state index is 10.8. The van der Waals surface area contributed by atoms with E-state index in [1.807, 2.05) is 6.07 Å². The van der Waals surface area contributed by atoms with Gasteiger partial charge in [0.1, 0.15) is 0 Å². The summed E-state index contributed by atoms with van der Waals surface area (Å²) < 4.78 is 0. The average Bonchev–Trinajstić information content (AvgIpc) is 2.59. The number of aromatic nitrogens is 2. The highest BCUT2D eigenvalue weighted by Gasteiger charge is 2.13. The van der Waals surface area contributed by atoms with E-state index in [-0.39, 0.29) is 5.95 Å². The minimum absolute atomic E-state index is 0.128. The largest absolute Gasteiger partial charge is 0.474 e. The van der Waals surface area contributed by atoms with Gasteiger partial charge in [0.15, 0.2) is 0 Å². The normalized spacial score (nSPS) is 10.1. The summed E-state index contributed by atoms with van der Waals surface area (Å²) in [5.74, 6) is -2.53. The summed E-state index contributed by atoms with van der Waals surface area (Å²) in [5, 5.41) is 10.5. The van der Waals surface area contributed by atoms with Gasteiger partial charge in [0.25, 0.3) is 0 Å². The number of carbonyl (C=O) groups excluding carboxylic acids is 1. The Labute approximate surface area is 83.9 Å². The summed E-state index contributed by atoms with van der Waals surface area (Å²) >= 11 is 0. The van der Waals surface area contributed by atoms with Gasteiger partial charge in [-0.2, -0.15) is 0 Å². The Morgan fingerprint density at radius 2 is 2.07 bits per heavy atom. The second kappa shape index (κ2) is 3.41. The van der Waals surface area contributed by atoms with Gasteiger partial charge < -0.3 is 10.1 Å². The quantitative estimate of drug-likeness (QED) is 0.593. The minimum Gasteiger partial charge on any atom is -0.474 e. The Morgan fingerprint density at radius 3 is 2.73 bits per heavy atom. The summed E-state index contributed by atoms with van der Waals surface area (Å²) in [5.41, 5.74) is 1.40. The molecule has 15 heavy (non-hydrogen) atoms. The average molecular weight is 205 g/mol. The maximum atomic E-state index is 10.8. The highest BCUT2D eigenvalue weighted by Crippen LogP contribution is 2.12. The molecule has 3 N–H and O–H groups in total. The predicted octanol–water partition coefficient (Wildman–Crippen LogP) is 0.586. The Balaban J connectivity index is 2.30. The van der Waals surface area contributed by atoms with Crippen LogP contribution >= 0.6 is 0 Å². The molecule has 0 spiro atoms. The maximum Gasteiger partial charge on any atom is 0.394 e. The lowest BCUT2D eigenvalue weighted by Gasteiger charge is -1.94. The highest BCUT2D eigenvalue weighted by molar-refractivity contribution is 6.36. The van der Waals surface area contributed by atoms with Crippen molar-refractivity contribution in [2.24, 2.45) is 0 Å². The number of carboxylic acids is 1. The summed E-state index contributed by atoms with van der Waals surface area (Å²) in [6, 6.07) is 7.14. The van der Waals surface area contributed by atoms with Crippen LogP contribution in [0.25, 0.3) is 11.0 Å². The van der Waals surface area contributed by atoms with E-state index >= 15 is 0 Å². The molecule has 0 aliphatic heterocycles. The van der Waals surface area contributed by atoms with Gasteiger partial charge in [-0.1, -0.05) is 12.1 Å². The van der Waals surface area contributed by atoms with Crippen LogP contribution in [0.2, 0.25) is 0 Å². The lowest BCUT2D eigenvalue weighted by Crippen LogP contribution is -2.22. The molecule has 0 fully saturated rings. The van der Waals surface area contributed by atoms with E-state index < -0.39 is 11.9 Å². The molecule has 2 rings (SSSR count). The molecule has 1 aromatic heterocycles. The van der Waals surface area contributed by atoms with E-state index in [1.54, 1.807) is 18.2 Å². The molecule has 0 saturated carbocycles. The van der Waals surface area contributed by atoms with Crippen LogP contribution in [0.1, 0.15) is 0 Å². The topological polar surface area (TPSA) is 95.1 Å². The van der Waals surface area contributed by atoms with E-state index in [2.05, 4.69) is 15.3 Å². The molecule has 6 heteroatoms. The summed E-state index contributed by atoms with van der Waals surface area (Å²) in [4.78, 5) is 27.8. The van der Waals surface area contributed by atoms with Crippen LogP contribution in [-0.2, 0) is 9.59 Å². The number of amides is 1. The number of aromatic amines is 1. The van der Waals surface area contributed by atoms with Crippen molar-refractivity contribution in [1.29, 1.82) is 0 Å². The Morgan fingerprint density at radius 1 is 1.33 bits per heavy atom. The van der Waals surface area contributed by atoms with Gasteiger partial charge in [-0.05, 0) is 12.1 Å². The number of nitrogens with one attached hydrogen (secondary N) is 2. The SMILES string of the molecule is O=C(O)C(=O)Nc1nc2ccccc2[nH]1. The first-order valence-electron chi connectivity index (χ1n) is 4.16. The zero-order valence-corrected chi connectivity index (χ0v) is 7.52. The number of H-pyrrole nitrogens is 1. The van der Waals surface area contributed by atoms with E-state index in [1.165, 1.54) is 0 Å². The summed E-state index contributed by atoms with van der Waals surface area (Å²) in [6.07, 6.45) is 0. The van der Waals surface area contributed by atoms with Gasteiger partial charge in [0.2, 0.25) is 5.95 Å². The number of para-hydroxylation sites is 2. The molecule has 0 aliphatic rings. The third kappa shape index (κ3) is 1.78. The molecule has 0 saturated heterocycles. The van der Waals surface area contributed by atoms with Crippen molar-refractivity contribution in [2.45, 2.75) is 0 Å². The zero-order valence-electron chi connectivity index (χ0n) is 7.52. The van der Waals surface area contributed by atoms with Crippen molar-refractivity contribution in [3.05, 3.63) is 24.3 Å². The molecule has 0 aliphatic carbocycles. The number of anilines is 1. The fourth-order valence-corrected chi connectivity index (χ4v) is 1.17. The molecule has 6 nitrogen and oxygen atoms in total. The van der Waals surface area contributed by atoms with Crippen LogP contribution in [0.15, 0.2) is 24.3 Å². The number of hydrogen-bond donors (Lipinski definition) is 3. The monoisotopic (exact) mass is 205 g/mol. The van der Waals surface area contributed by atoms with Gasteiger partial charge in [-0.3, -0.25) is 10.1 Å². The van der Waals surface area contributed by atoms with Crippen molar-refractivity contribution < 1.29 is 14.7 Å². The van der Waals surface area contributed by atoms with Crippen LogP contribution in [0.5, 0.6) is 0 Å². The number of hydrogen-bond acceptors (Lipinski definition) is 3. The van der Waals surface area contributed by atoms with E-state index in [9.17, 15) is 9.59 Å². The van der Waals surface area contributed by atoms with E-state index in [0.29, 0.717) is 5.52 Å². The Bertz CT molecular complexity index is 499. The highest BCUT2D eigenvalue weighted by atomic mass is 16.4. The standard InChI is InChI=1S/C9H7N3O3/c13-7(8(14)15)12-9-10-5-3-1-2-4-6(5)11-9/h1-4H,(H,14,15)(H2,10,11,12,13). The van der Waals surface area contributed by atoms with Crippen LogP contribution in [0, 0.1) is 0 Å². The first kappa shape index (κ1) is 9.20. The molecular weight excluding hydrogens is 198 g/mol. The number of carboxylic acid groups (broad SMARTS) is 1. The molecule has 0 unspecified atom stereocenters. The third-order valence-electron chi connectivity index (χ3n) is 1.82. The number of fused-ring (bicyclic) bond motifs is 1. The van der Waals surface area contributed by atoms with E-state index in [0.717, 1.165) is 5.52 Å². The first-order valence-corrected chi connectivity index (χ1v) is 4.16. The smallest absolute Gasteiger partial charge is 0.394 e. The minimum atomic E-state index is -1.55. The van der Waals surface area contributed by atoms with Crippen LogP contribution in [0.4, 0.5) is 5.95 Å². The van der Waals surface area contributed by atoms with Gasteiger partial charge in [0.05, 0.1) is 11.0 Å². The molecule has 1 aromatic carbocycles. The first-order chi connectivity index (χ1) is 7.16. The summed E-state index contributed by atoms with van der Waals surface area (Å²) in [6.45, 7) is 0. The number of nitrogens with zero attached hydrogens (tertiary/aromatic N) is 1. The van der Waals surface area contributed by atoms with Gasteiger partial charge >= 0.3 is 11.9 Å². The lowest BCUT2D eigenvalue weighted by molar-refractivity contribution is -0.147. The fourth-order valence-electron chi connectivity index (χ4n) is 1.17. The lowest BCUT2D eigenvalue weighted by atomic mass is 10.3. The molecule has 1 heterocycles. The van der Waals surface area contributed by atoms with Crippen LogP contribution < -0.4 is 5.32 Å². The van der Waals surface area contributed by atoms with Gasteiger partial charge in [-0.25, -0.2) is 9.78 Å². The number of aliphatic carboxylic acids is 1. The summed E-state index contributed by atoms with van der Waals surface area (Å²) in [7, 11) is 0. The molecule has 0 radical (unpaired) electrons. The fraction of sp³-hybridized carbons (Fsp3) is 0. The van der Waals surface area contributed by atoms with Crippen LogP contribution in [-0.4, -0.2) is 27.0 Å². The van der Waals surface area contributed by atoms with E-state index in [4.69, 9.17) is 5.11 Å². The molecular formula is C9H7N3O3. The van der Waals surface area contributed by atoms with Crippen molar-refractivity contribution in [3.63, 3.8) is 0 Å². The molecule has 76 valence electrons. The number of rotatable bonds is 1. The second-order valence-electron chi connectivity index (χ2n) is 2.86. The van der Waals surface area contributed by atoms with Gasteiger partial charge in [-0.15, -0.1) is 0 Å². The van der Waals surface area contributed by atoms with Crippen molar-refractivity contribution >= 4 is 28.9 Å². The van der Waals surface area contributed by atoms with Crippen molar-refractivity contribution in [1.82, 2.24) is 9.97 Å². The van der Waals surface area contributed by atoms with Crippen molar-refractivity contribution in [2.75, 3.05) is 5.32 Å². The molecule has 1 amide bonds. The molecule has 0 atom stereocenters. The van der Waals surface area contributed by atoms with Crippen molar-refractivity contribution in [3.8, 4) is 0 Å². The predicted molar refractivity (Wildman–Crippen MR) is 52.4 cm³/mol.